The number of benzene rings is 2. The molecule has 0 N–H and O–H groups in total. The van der Waals surface area contributed by atoms with Crippen LogP contribution in [0.25, 0.3) is 11.3 Å². The van der Waals surface area contributed by atoms with E-state index in [2.05, 4.69) is 9.98 Å². The highest BCUT2D eigenvalue weighted by atomic mass is 35.5. The van der Waals surface area contributed by atoms with Crippen LogP contribution in [0, 0.1) is 0 Å². The van der Waals surface area contributed by atoms with E-state index in [-0.39, 0.29) is 5.91 Å². The van der Waals surface area contributed by atoms with Crippen molar-refractivity contribution in [3.05, 3.63) is 58.9 Å². The Labute approximate surface area is 169 Å². The molecular weight excluding hydrogens is 402 g/mol. The molecule has 1 aliphatic heterocycles. The van der Waals surface area contributed by atoms with Gasteiger partial charge in [-0.05, 0) is 48.5 Å². The Morgan fingerprint density at radius 1 is 1.15 bits per heavy atom. The van der Waals surface area contributed by atoms with Gasteiger partial charge in [-0.15, -0.1) is 11.3 Å². The average molecular weight is 416 g/mol. The number of amidine groups is 1. The molecule has 0 spiro atoms. The van der Waals surface area contributed by atoms with Crippen molar-refractivity contribution in [1.82, 2.24) is 4.98 Å². The van der Waals surface area contributed by atoms with Gasteiger partial charge >= 0.3 is 0 Å². The van der Waals surface area contributed by atoms with Crippen LogP contribution in [0.4, 0.5) is 10.8 Å². The SMILES string of the molecule is COc1ccc(-c2csc(N3C(=O)CSC3=Nc3ccc(Cl)cc3)n2)cc1. The summed E-state index contributed by atoms with van der Waals surface area (Å²) in [7, 11) is 1.63. The number of carbonyl (C=O) groups is 1. The highest BCUT2D eigenvalue weighted by Gasteiger charge is 2.32. The van der Waals surface area contributed by atoms with Gasteiger partial charge in [0.15, 0.2) is 10.3 Å². The summed E-state index contributed by atoms with van der Waals surface area (Å²) in [5, 5.41) is 3.82. The fourth-order valence-corrected chi connectivity index (χ4v) is 4.42. The van der Waals surface area contributed by atoms with Gasteiger partial charge in [-0.25, -0.2) is 14.9 Å². The fourth-order valence-electron chi connectivity index (χ4n) is 2.52. The van der Waals surface area contributed by atoms with Crippen LogP contribution in [0.2, 0.25) is 5.02 Å². The molecule has 0 atom stereocenters. The zero-order chi connectivity index (χ0) is 18.8. The molecule has 27 heavy (non-hydrogen) atoms. The van der Waals surface area contributed by atoms with Gasteiger partial charge in [0.2, 0.25) is 5.91 Å². The molecule has 1 amide bonds. The van der Waals surface area contributed by atoms with Crippen molar-refractivity contribution >= 4 is 56.6 Å². The number of nitrogens with zero attached hydrogens (tertiary/aromatic N) is 3. The minimum absolute atomic E-state index is 0.0247. The number of thiazole rings is 1. The zero-order valence-electron chi connectivity index (χ0n) is 14.3. The van der Waals surface area contributed by atoms with E-state index < -0.39 is 0 Å². The first-order valence-electron chi connectivity index (χ1n) is 8.04. The summed E-state index contributed by atoms with van der Waals surface area (Å²) in [6.07, 6.45) is 0. The number of ether oxygens (including phenoxy) is 1. The van der Waals surface area contributed by atoms with Crippen molar-refractivity contribution in [2.75, 3.05) is 17.8 Å². The highest BCUT2D eigenvalue weighted by Crippen LogP contribution is 2.34. The molecule has 5 nitrogen and oxygen atoms in total. The van der Waals surface area contributed by atoms with Crippen LogP contribution in [0.3, 0.4) is 0 Å². The number of rotatable bonds is 4. The van der Waals surface area contributed by atoms with E-state index in [1.54, 1.807) is 24.1 Å². The van der Waals surface area contributed by atoms with Gasteiger partial charge < -0.3 is 4.74 Å². The third-order valence-corrected chi connectivity index (χ3v) is 5.89. The Kier molecular flexibility index (Phi) is 5.15. The van der Waals surface area contributed by atoms with E-state index in [0.717, 1.165) is 22.7 Å². The van der Waals surface area contributed by atoms with Crippen molar-refractivity contribution < 1.29 is 9.53 Å². The maximum absolute atomic E-state index is 12.4. The highest BCUT2D eigenvalue weighted by molar-refractivity contribution is 8.15. The molecule has 1 aromatic heterocycles. The molecule has 2 aromatic carbocycles. The number of aromatic nitrogens is 1. The lowest BCUT2D eigenvalue weighted by Gasteiger charge is -2.12. The first-order chi connectivity index (χ1) is 13.1. The molecule has 4 rings (SSSR count). The van der Waals surface area contributed by atoms with E-state index in [1.165, 1.54) is 23.1 Å². The number of thioether (sulfide) groups is 1. The molecule has 1 aliphatic rings. The Hall–Kier alpha value is -2.35. The smallest absolute Gasteiger partial charge is 0.245 e. The number of halogens is 1. The third kappa shape index (κ3) is 3.85. The molecule has 136 valence electrons. The van der Waals surface area contributed by atoms with Crippen LogP contribution >= 0.6 is 34.7 Å². The largest absolute Gasteiger partial charge is 0.497 e. The maximum atomic E-state index is 12.4. The molecule has 0 saturated carbocycles. The van der Waals surface area contributed by atoms with Gasteiger partial charge in [0.25, 0.3) is 0 Å². The fraction of sp³-hybridized carbons (Fsp3) is 0.105. The van der Waals surface area contributed by atoms with Gasteiger partial charge in [0.05, 0.1) is 24.2 Å². The number of methoxy groups -OCH3 is 1. The Balaban J connectivity index is 1.63. The predicted octanol–water partition coefficient (Wildman–Crippen LogP) is 5.24. The van der Waals surface area contributed by atoms with E-state index >= 15 is 0 Å². The summed E-state index contributed by atoms with van der Waals surface area (Å²) in [6, 6.07) is 14.9. The average Bonchev–Trinajstić information content (AvgIpc) is 3.30. The van der Waals surface area contributed by atoms with Crippen molar-refractivity contribution in [3.8, 4) is 17.0 Å². The van der Waals surface area contributed by atoms with Gasteiger partial charge in [0.1, 0.15) is 5.75 Å². The second-order valence-electron chi connectivity index (χ2n) is 5.63. The van der Waals surface area contributed by atoms with Crippen LogP contribution in [-0.2, 0) is 4.79 Å². The minimum Gasteiger partial charge on any atom is -0.497 e. The predicted molar refractivity (Wildman–Crippen MR) is 113 cm³/mol. The summed E-state index contributed by atoms with van der Waals surface area (Å²) in [5.74, 6) is 1.12. The van der Waals surface area contributed by atoms with Crippen LogP contribution in [0.1, 0.15) is 0 Å². The normalized spacial score (nSPS) is 15.6. The first kappa shape index (κ1) is 18.0. The molecule has 2 heterocycles. The molecule has 0 unspecified atom stereocenters. The number of amides is 1. The van der Waals surface area contributed by atoms with Crippen molar-refractivity contribution in [2.45, 2.75) is 0 Å². The van der Waals surface area contributed by atoms with E-state index in [0.29, 0.717) is 21.1 Å². The Morgan fingerprint density at radius 2 is 1.89 bits per heavy atom. The second-order valence-corrected chi connectivity index (χ2v) is 7.85. The summed E-state index contributed by atoms with van der Waals surface area (Å²) in [4.78, 5) is 23.2. The Morgan fingerprint density at radius 3 is 2.59 bits per heavy atom. The summed E-state index contributed by atoms with van der Waals surface area (Å²) >= 11 is 8.75. The summed E-state index contributed by atoms with van der Waals surface area (Å²) < 4.78 is 5.19. The van der Waals surface area contributed by atoms with Crippen molar-refractivity contribution in [2.24, 2.45) is 4.99 Å². The monoisotopic (exact) mass is 415 g/mol. The maximum Gasteiger partial charge on any atom is 0.245 e. The topological polar surface area (TPSA) is 54.8 Å². The third-order valence-electron chi connectivity index (χ3n) is 3.89. The number of hydrogen-bond acceptors (Lipinski definition) is 6. The standard InChI is InChI=1S/C19H14ClN3O2S2/c1-25-15-8-2-12(3-9-15)16-10-26-19(22-16)23-17(24)11-27-18(23)21-14-6-4-13(20)5-7-14/h2-10H,11H2,1H3. The Bertz CT molecular complexity index is 1000. The lowest BCUT2D eigenvalue weighted by atomic mass is 10.2. The van der Waals surface area contributed by atoms with E-state index in [1.807, 2.05) is 41.8 Å². The zero-order valence-corrected chi connectivity index (χ0v) is 16.6. The second kappa shape index (κ2) is 7.72. The molecule has 0 radical (unpaired) electrons. The van der Waals surface area contributed by atoms with Gasteiger partial charge in [0, 0.05) is 16.0 Å². The molecule has 1 saturated heterocycles. The number of carbonyl (C=O) groups excluding carboxylic acids is 1. The molecule has 8 heteroatoms. The van der Waals surface area contributed by atoms with Crippen molar-refractivity contribution in [3.63, 3.8) is 0 Å². The number of aliphatic imine (C=N–C) groups is 1. The quantitative estimate of drug-likeness (QED) is 0.584. The summed E-state index contributed by atoms with van der Waals surface area (Å²) in [5.41, 5.74) is 2.52. The van der Waals surface area contributed by atoms with Crippen molar-refractivity contribution in [1.29, 1.82) is 0 Å². The van der Waals surface area contributed by atoms with Crippen LogP contribution < -0.4 is 9.64 Å². The molecule has 1 fully saturated rings. The lowest BCUT2D eigenvalue weighted by molar-refractivity contribution is -0.115. The van der Waals surface area contributed by atoms with Crippen LogP contribution in [0.15, 0.2) is 58.9 Å². The minimum atomic E-state index is -0.0247. The van der Waals surface area contributed by atoms with Gasteiger partial charge in [-0.2, -0.15) is 0 Å². The number of anilines is 1. The van der Waals surface area contributed by atoms with Crippen LogP contribution in [-0.4, -0.2) is 28.9 Å². The molecule has 3 aromatic rings. The molecular formula is C19H14ClN3O2S2. The van der Waals surface area contributed by atoms with E-state index in [4.69, 9.17) is 16.3 Å². The number of hydrogen-bond donors (Lipinski definition) is 0. The van der Waals surface area contributed by atoms with Crippen LogP contribution in [0.5, 0.6) is 5.75 Å². The van der Waals surface area contributed by atoms with Gasteiger partial charge in [-0.1, -0.05) is 23.4 Å². The van der Waals surface area contributed by atoms with E-state index in [9.17, 15) is 4.79 Å². The first-order valence-corrected chi connectivity index (χ1v) is 10.3. The van der Waals surface area contributed by atoms with Gasteiger partial charge in [-0.3, -0.25) is 4.79 Å². The lowest BCUT2D eigenvalue weighted by Crippen LogP contribution is -2.28. The molecule has 0 aliphatic carbocycles. The molecule has 0 bridgehead atoms. The summed E-state index contributed by atoms with van der Waals surface area (Å²) in [6.45, 7) is 0.